The van der Waals surface area contributed by atoms with Crippen LogP contribution < -0.4 is 27.2 Å². The van der Waals surface area contributed by atoms with Crippen molar-refractivity contribution in [2.24, 2.45) is 5.73 Å². The van der Waals surface area contributed by atoms with Crippen molar-refractivity contribution in [3.63, 3.8) is 0 Å². The van der Waals surface area contributed by atoms with Gasteiger partial charge in [0.05, 0.1) is 0 Å². The van der Waals surface area contributed by atoms with Gasteiger partial charge < -0.3 is 16.4 Å². The number of carbonyl (C=O) groups excluding carboxylic acids is 1. The van der Waals surface area contributed by atoms with E-state index in [0.717, 1.165) is 0 Å². The van der Waals surface area contributed by atoms with Gasteiger partial charge in [0.25, 0.3) is 10.9 Å². The molecule has 0 aliphatic heterocycles. The Morgan fingerprint density at radius 1 is 1.04 bits per heavy atom. The summed E-state index contributed by atoms with van der Waals surface area (Å²) in [4.78, 5) is 40.3. The second-order valence-electron chi connectivity index (χ2n) is 5.88. The van der Waals surface area contributed by atoms with Crippen LogP contribution in [0.2, 0.25) is 0 Å². The van der Waals surface area contributed by atoms with Crippen LogP contribution in [-0.4, -0.2) is 10.9 Å². The molecule has 0 bridgehead atoms. The van der Waals surface area contributed by atoms with Crippen molar-refractivity contribution in [1.82, 2.24) is 4.98 Å². The van der Waals surface area contributed by atoms with Crippen LogP contribution in [0.5, 0.6) is 0 Å². The fraction of sp³-hybridized carbons (Fsp3) is 0.158. The van der Waals surface area contributed by atoms with Gasteiger partial charge in [-0.15, -0.1) is 0 Å². The monoisotopic (exact) mass is 350 g/mol. The van der Waals surface area contributed by atoms with Crippen molar-refractivity contribution in [1.29, 1.82) is 0 Å². The van der Waals surface area contributed by atoms with Crippen molar-refractivity contribution >= 4 is 23.0 Å². The molecule has 1 unspecified atom stereocenters. The van der Waals surface area contributed by atoms with E-state index in [1.54, 1.807) is 55.7 Å². The van der Waals surface area contributed by atoms with E-state index >= 15 is 0 Å². The Bertz CT molecular complexity index is 995. The normalized spacial score (nSPS) is 13.1. The van der Waals surface area contributed by atoms with Crippen molar-refractivity contribution in [3.8, 4) is 0 Å². The number of hydrogen-bond acceptors (Lipinski definition) is 6. The summed E-state index contributed by atoms with van der Waals surface area (Å²) in [6, 6.07) is 12.2. The summed E-state index contributed by atoms with van der Waals surface area (Å²) in [5.41, 5.74) is 4.44. The van der Waals surface area contributed by atoms with E-state index in [2.05, 4.69) is 15.6 Å². The highest BCUT2D eigenvalue weighted by Gasteiger charge is 2.39. The molecule has 0 spiro atoms. The third kappa shape index (κ3) is 2.83. The van der Waals surface area contributed by atoms with E-state index < -0.39 is 22.3 Å². The Balaban J connectivity index is 2.01. The van der Waals surface area contributed by atoms with Gasteiger partial charge in [0.1, 0.15) is 16.9 Å². The zero-order chi connectivity index (χ0) is 18.7. The van der Waals surface area contributed by atoms with Crippen LogP contribution in [0.25, 0.3) is 0 Å². The summed E-state index contributed by atoms with van der Waals surface area (Å²) in [7, 11) is 0. The quantitative estimate of drug-likeness (QED) is 0.558. The molecule has 2 aromatic carbocycles. The lowest BCUT2D eigenvalue weighted by Gasteiger charge is -2.33. The number of primary amides is 1. The van der Waals surface area contributed by atoms with E-state index in [1.165, 1.54) is 0 Å². The zero-order valence-electron chi connectivity index (χ0n) is 14.2. The number of benzene rings is 1. The van der Waals surface area contributed by atoms with Gasteiger partial charge in [-0.25, -0.2) is 0 Å². The van der Waals surface area contributed by atoms with Gasteiger partial charge in [0.2, 0.25) is 5.91 Å². The fourth-order valence-corrected chi connectivity index (χ4v) is 2.89. The molecule has 3 rings (SSSR count). The van der Waals surface area contributed by atoms with Crippen LogP contribution in [0.1, 0.15) is 18.9 Å². The predicted octanol–water partition coefficient (Wildman–Crippen LogP) is 1.62. The molecule has 1 atom stereocenters. The third-order valence-electron chi connectivity index (χ3n) is 4.42. The molecule has 0 saturated heterocycles. The van der Waals surface area contributed by atoms with Crippen LogP contribution in [0.15, 0.2) is 64.4 Å². The van der Waals surface area contributed by atoms with Crippen molar-refractivity contribution in [2.75, 3.05) is 10.6 Å². The fourth-order valence-electron chi connectivity index (χ4n) is 2.89. The summed E-state index contributed by atoms with van der Waals surface area (Å²) in [6.07, 6.45) is 3.43. The second kappa shape index (κ2) is 6.79. The van der Waals surface area contributed by atoms with Crippen molar-refractivity contribution in [3.05, 3.63) is 80.9 Å². The van der Waals surface area contributed by atoms with Crippen LogP contribution in [-0.2, 0) is 10.3 Å². The molecule has 1 heterocycles. The van der Waals surface area contributed by atoms with E-state index in [-0.39, 0.29) is 11.4 Å². The maximum Gasteiger partial charge on any atom is 0.253 e. The zero-order valence-corrected chi connectivity index (χ0v) is 14.2. The number of nitrogens with one attached hydrogen (secondary N) is 2. The molecule has 7 heteroatoms. The lowest BCUT2D eigenvalue weighted by molar-refractivity contribution is -0.122. The highest BCUT2D eigenvalue weighted by Crippen LogP contribution is 2.32. The number of hydrogen-bond donors (Lipinski definition) is 3. The number of nitrogens with two attached hydrogens (primary N) is 1. The standard InChI is InChI=1S/C19H18N4O3/c1-2-19(18(20)26,12-6-4-3-5-7-12)23-15-14(16(24)17(15)25)22-13-8-10-21-11-9-13/h3-11,23H,2H2,1H3,(H2,20,26)(H,21,22). The van der Waals surface area contributed by atoms with E-state index in [0.29, 0.717) is 17.7 Å². The van der Waals surface area contributed by atoms with Crippen molar-refractivity contribution in [2.45, 2.75) is 18.9 Å². The summed E-state index contributed by atoms with van der Waals surface area (Å²) in [5.74, 6) is -0.630. The molecule has 3 aromatic rings. The molecule has 0 radical (unpaired) electrons. The maximum atomic E-state index is 12.3. The third-order valence-corrected chi connectivity index (χ3v) is 4.42. The molecule has 1 aromatic heterocycles. The molecule has 0 saturated carbocycles. The van der Waals surface area contributed by atoms with Crippen molar-refractivity contribution < 1.29 is 4.79 Å². The van der Waals surface area contributed by atoms with Gasteiger partial charge in [0.15, 0.2) is 0 Å². The predicted molar refractivity (Wildman–Crippen MR) is 100 cm³/mol. The Labute approximate surface area is 149 Å². The first kappa shape index (κ1) is 17.3. The average Bonchev–Trinajstić information content (AvgIpc) is 2.68. The van der Waals surface area contributed by atoms with Crippen LogP contribution in [0.4, 0.5) is 17.1 Å². The molecule has 1 amide bonds. The minimum Gasteiger partial charge on any atom is -0.367 e. The van der Waals surface area contributed by atoms with E-state index in [9.17, 15) is 14.4 Å². The average molecular weight is 350 g/mol. The highest BCUT2D eigenvalue weighted by atomic mass is 16.2. The highest BCUT2D eigenvalue weighted by molar-refractivity contribution is 5.92. The first-order valence-corrected chi connectivity index (χ1v) is 8.13. The summed E-state index contributed by atoms with van der Waals surface area (Å²) < 4.78 is 0. The number of anilines is 3. The minimum atomic E-state index is -1.29. The molecule has 132 valence electrons. The molecule has 26 heavy (non-hydrogen) atoms. The molecular formula is C19H18N4O3. The second-order valence-corrected chi connectivity index (χ2v) is 5.88. The van der Waals surface area contributed by atoms with E-state index in [4.69, 9.17) is 5.73 Å². The van der Waals surface area contributed by atoms with Gasteiger partial charge >= 0.3 is 0 Å². The Morgan fingerprint density at radius 3 is 2.23 bits per heavy atom. The van der Waals surface area contributed by atoms with Crippen LogP contribution in [0, 0.1) is 0 Å². The van der Waals surface area contributed by atoms with Gasteiger partial charge in [-0.1, -0.05) is 37.3 Å². The minimum absolute atomic E-state index is 0.0521. The van der Waals surface area contributed by atoms with Gasteiger partial charge in [-0.3, -0.25) is 19.4 Å². The lowest BCUT2D eigenvalue weighted by atomic mass is 9.85. The molecular weight excluding hydrogens is 332 g/mol. The number of nitrogens with zero attached hydrogens (tertiary/aromatic N) is 1. The Morgan fingerprint density at radius 2 is 1.65 bits per heavy atom. The number of carbonyl (C=O) groups is 1. The lowest BCUT2D eigenvalue weighted by Crippen LogP contribution is -2.51. The number of pyridine rings is 1. The van der Waals surface area contributed by atoms with Gasteiger partial charge in [-0.2, -0.15) is 0 Å². The SMILES string of the molecule is CCC(Nc1c(Nc2ccncc2)c(=O)c1=O)(C(N)=O)c1ccccc1. The number of amides is 1. The largest absolute Gasteiger partial charge is 0.367 e. The molecule has 7 nitrogen and oxygen atoms in total. The summed E-state index contributed by atoms with van der Waals surface area (Å²) in [6.45, 7) is 1.78. The Kier molecular flexibility index (Phi) is 4.53. The molecule has 0 aliphatic rings. The topological polar surface area (TPSA) is 114 Å². The smallest absolute Gasteiger partial charge is 0.253 e. The Hall–Kier alpha value is -3.48. The first-order chi connectivity index (χ1) is 12.5. The molecule has 0 aliphatic carbocycles. The number of rotatable bonds is 7. The van der Waals surface area contributed by atoms with Gasteiger partial charge in [0, 0.05) is 18.1 Å². The van der Waals surface area contributed by atoms with Crippen LogP contribution >= 0.6 is 0 Å². The van der Waals surface area contributed by atoms with Gasteiger partial charge in [-0.05, 0) is 24.1 Å². The van der Waals surface area contributed by atoms with E-state index in [1.807, 2.05) is 6.07 Å². The molecule has 0 fully saturated rings. The summed E-state index contributed by atoms with van der Waals surface area (Å²) in [5, 5.41) is 5.84. The molecule has 4 N–H and O–H groups in total. The van der Waals surface area contributed by atoms with Crippen LogP contribution in [0.3, 0.4) is 0 Å². The first-order valence-electron chi connectivity index (χ1n) is 8.13. The number of aromatic nitrogens is 1. The summed E-state index contributed by atoms with van der Waals surface area (Å²) >= 11 is 0. The maximum absolute atomic E-state index is 12.3.